The maximum atomic E-state index is 3.17. The lowest BCUT2D eigenvalue weighted by Gasteiger charge is -1.94. The van der Waals surface area contributed by atoms with E-state index in [1.165, 1.54) is 5.56 Å². The minimum Gasteiger partial charge on any atom is -0.0976 e. The first-order valence-corrected chi connectivity index (χ1v) is 4.74. The minimum absolute atomic E-state index is 0.665. The molecule has 1 aromatic carbocycles. The molecule has 0 amide bonds. The molecule has 0 aromatic heterocycles. The van der Waals surface area contributed by atoms with Crippen LogP contribution < -0.4 is 0 Å². The Labute approximate surface area is 81.0 Å². The Hall–Kier alpha value is -1.22. The van der Waals surface area contributed by atoms with Crippen LogP contribution in [0.5, 0.6) is 0 Å². The Morgan fingerprint density at radius 1 is 1.15 bits per heavy atom. The lowest BCUT2D eigenvalue weighted by Crippen LogP contribution is -1.82. The Morgan fingerprint density at radius 3 is 2.31 bits per heavy atom. The molecular formula is C13H16. The molecule has 0 radical (unpaired) electrons. The molecule has 0 fully saturated rings. The van der Waals surface area contributed by atoms with E-state index < -0.39 is 0 Å². The molecule has 0 heteroatoms. The number of hydrogen-bond acceptors (Lipinski definition) is 0. The highest BCUT2D eigenvalue weighted by Crippen LogP contribution is 2.02. The summed E-state index contributed by atoms with van der Waals surface area (Å²) in [5, 5.41) is 0. The molecular weight excluding hydrogens is 156 g/mol. The molecule has 0 heterocycles. The molecule has 0 saturated heterocycles. The van der Waals surface area contributed by atoms with E-state index in [4.69, 9.17) is 0 Å². The van der Waals surface area contributed by atoms with Crippen molar-refractivity contribution in [2.45, 2.75) is 27.2 Å². The second-order valence-electron chi connectivity index (χ2n) is 3.77. The van der Waals surface area contributed by atoms with E-state index in [0.717, 1.165) is 12.0 Å². The number of benzene rings is 1. The summed E-state index contributed by atoms with van der Waals surface area (Å²) >= 11 is 0. The molecule has 0 atom stereocenters. The van der Waals surface area contributed by atoms with E-state index in [2.05, 4.69) is 56.9 Å². The van der Waals surface area contributed by atoms with E-state index >= 15 is 0 Å². The van der Waals surface area contributed by atoms with Crippen LogP contribution >= 0.6 is 0 Å². The summed E-state index contributed by atoms with van der Waals surface area (Å²) in [5.41, 5.74) is 2.40. The van der Waals surface area contributed by atoms with Crippen LogP contribution in [0.4, 0.5) is 0 Å². The van der Waals surface area contributed by atoms with E-state index in [1.54, 1.807) is 0 Å². The second kappa shape index (κ2) is 4.72. The molecule has 1 aromatic rings. The summed E-state index contributed by atoms with van der Waals surface area (Å²) in [4.78, 5) is 0. The van der Waals surface area contributed by atoms with E-state index in [9.17, 15) is 0 Å². The highest BCUT2D eigenvalue weighted by atomic mass is 13.9. The van der Waals surface area contributed by atoms with Gasteiger partial charge in [0, 0.05) is 12.0 Å². The molecule has 0 aliphatic heterocycles. The van der Waals surface area contributed by atoms with Gasteiger partial charge in [-0.15, -0.1) is 0 Å². The van der Waals surface area contributed by atoms with Crippen molar-refractivity contribution in [1.29, 1.82) is 0 Å². The highest BCUT2D eigenvalue weighted by molar-refractivity contribution is 5.35. The second-order valence-corrected chi connectivity index (χ2v) is 3.77. The molecule has 13 heavy (non-hydrogen) atoms. The molecule has 0 unspecified atom stereocenters. The van der Waals surface area contributed by atoms with Crippen LogP contribution in [0.1, 0.15) is 31.4 Å². The molecule has 0 N–H and O–H groups in total. The molecule has 68 valence electrons. The summed E-state index contributed by atoms with van der Waals surface area (Å²) < 4.78 is 0. The zero-order valence-electron chi connectivity index (χ0n) is 8.59. The van der Waals surface area contributed by atoms with Crippen LogP contribution in [-0.2, 0) is 0 Å². The Bertz CT molecular complexity index is 306. The van der Waals surface area contributed by atoms with Crippen LogP contribution in [-0.4, -0.2) is 0 Å². The Kier molecular flexibility index (Phi) is 3.58. The molecule has 0 aliphatic rings. The third-order valence-electron chi connectivity index (χ3n) is 1.79. The molecule has 0 nitrogen and oxygen atoms in total. The molecule has 0 saturated carbocycles. The summed E-state index contributed by atoms with van der Waals surface area (Å²) in [7, 11) is 0. The van der Waals surface area contributed by atoms with Gasteiger partial charge >= 0.3 is 0 Å². The monoisotopic (exact) mass is 172 g/mol. The largest absolute Gasteiger partial charge is 0.0976 e. The van der Waals surface area contributed by atoms with Crippen LogP contribution in [0, 0.1) is 24.7 Å². The van der Waals surface area contributed by atoms with Crippen molar-refractivity contribution in [3.8, 4) is 11.8 Å². The van der Waals surface area contributed by atoms with Gasteiger partial charge in [-0.05, 0) is 25.0 Å². The van der Waals surface area contributed by atoms with Crippen LogP contribution in [0.2, 0.25) is 0 Å². The molecule has 0 bridgehead atoms. The average Bonchev–Trinajstić information content (AvgIpc) is 2.08. The fraction of sp³-hybridized carbons (Fsp3) is 0.385. The van der Waals surface area contributed by atoms with Crippen molar-refractivity contribution in [1.82, 2.24) is 0 Å². The number of hydrogen-bond donors (Lipinski definition) is 0. The first kappa shape index (κ1) is 9.86. The third kappa shape index (κ3) is 3.80. The SMILES string of the molecule is Cc1ccc(C#CCC(C)C)cc1. The summed E-state index contributed by atoms with van der Waals surface area (Å²) in [6, 6.07) is 8.34. The van der Waals surface area contributed by atoms with Gasteiger partial charge in [-0.2, -0.15) is 0 Å². The van der Waals surface area contributed by atoms with Crippen LogP contribution in [0.15, 0.2) is 24.3 Å². The van der Waals surface area contributed by atoms with Gasteiger partial charge < -0.3 is 0 Å². The minimum atomic E-state index is 0.665. The van der Waals surface area contributed by atoms with Gasteiger partial charge in [-0.1, -0.05) is 43.4 Å². The van der Waals surface area contributed by atoms with Crippen molar-refractivity contribution in [3.05, 3.63) is 35.4 Å². The normalized spacial score (nSPS) is 9.54. The van der Waals surface area contributed by atoms with Gasteiger partial charge in [0.05, 0.1) is 0 Å². The van der Waals surface area contributed by atoms with Crippen molar-refractivity contribution in [2.75, 3.05) is 0 Å². The average molecular weight is 172 g/mol. The summed E-state index contributed by atoms with van der Waals surface area (Å²) in [6.07, 6.45) is 0.980. The van der Waals surface area contributed by atoms with E-state index in [0.29, 0.717) is 5.92 Å². The van der Waals surface area contributed by atoms with Gasteiger partial charge in [-0.25, -0.2) is 0 Å². The third-order valence-corrected chi connectivity index (χ3v) is 1.79. The standard InChI is InChI=1S/C13H16/c1-11(2)5-4-6-13-9-7-12(3)8-10-13/h7-11H,5H2,1-3H3. The quantitative estimate of drug-likeness (QED) is 0.570. The molecule has 1 rings (SSSR count). The zero-order valence-corrected chi connectivity index (χ0v) is 8.59. The topological polar surface area (TPSA) is 0 Å². The van der Waals surface area contributed by atoms with Crippen molar-refractivity contribution in [3.63, 3.8) is 0 Å². The first-order chi connectivity index (χ1) is 6.18. The Morgan fingerprint density at radius 2 is 1.77 bits per heavy atom. The Balaban J connectivity index is 2.62. The van der Waals surface area contributed by atoms with Crippen LogP contribution in [0.3, 0.4) is 0 Å². The molecule has 0 spiro atoms. The van der Waals surface area contributed by atoms with Crippen molar-refractivity contribution in [2.24, 2.45) is 5.92 Å². The van der Waals surface area contributed by atoms with Crippen molar-refractivity contribution >= 4 is 0 Å². The number of aryl methyl sites for hydroxylation is 1. The predicted molar refractivity (Wildman–Crippen MR) is 57.5 cm³/mol. The smallest absolute Gasteiger partial charge is 0.0245 e. The predicted octanol–water partition coefficient (Wildman–Crippen LogP) is 3.39. The van der Waals surface area contributed by atoms with Gasteiger partial charge in [0.25, 0.3) is 0 Å². The zero-order chi connectivity index (χ0) is 9.68. The van der Waals surface area contributed by atoms with Crippen LogP contribution in [0.25, 0.3) is 0 Å². The summed E-state index contributed by atoms with van der Waals surface area (Å²) in [5.74, 6) is 6.99. The lowest BCUT2D eigenvalue weighted by molar-refractivity contribution is 0.676. The van der Waals surface area contributed by atoms with E-state index in [1.807, 2.05) is 0 Å². The van der Waals surface area contributed by atoms with Crippen molar-refractivity contribution < 1.29 is 0 Å². The van der Waals surface area contributed by atoms with Gasteiger partial charge in [0.2, 0.25) is 0 Å². The maximum absolute atomic E-state index is 3.17. The fourth-order valence-electron chi connectivity index (χ4n) is 0.994. The molecule has 0 aliphatic carbocycles. The first-order valence-electron chi connectivity index (χ1n) is 4.74. The lowest BCUT2D eigenvalue weighted by atomic mass is 10.1. The summed E-state index contributed by atoms with van der Waals surface area (Å²) in [6.45, 7) is 6.46. The van der Waals surface area contributed by atoms with Gasteiger partial charge in [0.1, 0.15) is 0 Å². The van der Waals surface area contributed by atoms with E-state index in [-0.39, 0.29) is 0 Å². The fourth-order valence-corrected chi connectivity index (χ4v) is 0.994. The maximum Gasteiger partial charge on any atom is 0.0245 e. The van der Waals surface area contributed by atoms with Gasteiger partial charge in [-0.3, -0.25) is 0 Å². The van der Waals surface area contributed by atoms with Gasteiger partial charge in [0.15, 0.2) is 0 Å². The number of rotatable bonds is 1. The highest BCUT2D eigenvalue weighted by Gasteiger charge is 1.88.